The van der Waals surface area contributed by atoms with E-state index in [4.69, 9.17) is 11.5 Å². The topological polar surface area (TPSA) is 72.3 Å². The molecule has 0 unspecified atom stereocenters. The molecule has 12 heavy (non-hydrogen) atoms. The van der Waals surface area contributed by atoms with Gasteiger partial charge in [-0.05, 0) is 30.2 Å². The molecule has 5 N–H and O–H groups in total. The molecule has 0 fully saturated rings. The predicted octanol–water partition coefficient (Wildman–Crippen LogP) is 1.38. The van der Waals surface area contributed by atoms with Crippen molar-refractivity contribution < 1.29 is 5.11 Å². The Labute approximate surface area is 72.0 Å². The molecule has 1 aromatic rings. The van der Waals surface area contributed by atoms with E-state index >= 15 is 0 Å². The van der Waals surface area contributed by atoms with E-state index in [2.05, 4.69) is 0 Å². The van der Waals surface area contributed by atoms with Gasteiger partial charge in [-0.15, -0.1) is 0 Å². The number of anilines is 1. The molecule has 3 nitrogen and oxygen atoms in total. The Kier molecular flexibility index (Phi) is 2.55. The third-order valence-electron chi connectivity index (χ3n) is 1.91. The summed E-state index contributed by atoms with van der Waals surface area (Å²) in [5.41, 5.74) is 12.9. The summed E-state index contributed by atoms with van der Waals surface area (Å²) >= 11 is 0. The van der Waals surface area contributed by atoms with Gasteiger partial charge in [-0.25, -0.2) is 0 Å². The van der Waals surface area contributed by atoms with Gasteiger partial charge in [0.2, 0.25) is 0 Å². The van der Waals surface area contributed by atoms with E-state index in [0.717, 1.165) is 12.0 Å². The average molecular weight is 166 g/mol. The van der Waals surface area contributed by atoms with Crippen molar-refractivity contribution in [2.45, 2.75) is 19.4 Å². The zero-order valence-electron chi connectivity index (χ0n) is 7.12. The van der Waals surface area contributed by atoms with Gasteiger partial charge in [0.25, 0.3) is 0 Å². The van der Waals surface area contributed by atoms with E-state index in [-0.39, 0.29) is 11.8 Å². The van der Waals surface area contributed by atoms with Crippen LogP contribution in [-0.2, 0) is 0 Å². The molecular weight excluding hydrogens is 152 g/mol. The summed E-state index contributed by atoms with van der Waals surface area (Å²) in [4.78, 5) is 0. The summed E-state index contributed by atoms with van der Waals surface area (Å²) in [5.74, 6) is 0.211. The van der Waals surface area contributed by atoms with Gasteiger partial charge in [0, 0.05) is 11.7 Å². The van der Waals surface area contributed by atoms with Crippen LogP contribution in [0, 0.1) is 0 Å². The number of hydrogen-bond acceptors (Lipinski definition) is 3. The maximum Gasteiger partial charge on any atom is 0.116 e. The fourth-order valence-corrected chi connectivity index (χ4v) is 1.10. The van der Waals surface area contributed by atoms with Crippen molar-refractivity contribution >= 4 is 5.69 Å². The summed E-state index contributed by atoms with van der Waals surface area (Å²) in [5, 5.41) is 9.17. The monoisotopic (exact) mass is 166 g/mol. The molecule has 0 amide bonds. The first kappa shape index (κ1) is 8.87. The third kappa shape index (κ3) is 1.68. The van der Waals surface area contributed by atoms with Crippen LogP contribution in [0.5, 0.6) is 5.75 Å². The fourth-order valence-electron chi connectivity index (χ4n) is 1.10. The lowest BCUT2D eigenvalue weighted by Crippen LogP contribution is -2.10. The van der Waals surface area contributed by atoms with Gasteiger partial charge in [-0.1, -0.05) is 6.92 Å². The van der Waals surface area contributed by atoms with Crippen molar-refractivity contribution in [1.29, 1.82) is 0 Å². The van der Waals surface area contributed by atoms with Gasteiger partial charge in [0.1, 0.15) is 5.75 Å². The van der Waals surface area contributed by atoms with Crippen molar-refractivity contribution in [1.82, 2.24) is 0 Å². The lowest BCUT2D eigenvalue weighted by Gasteiger charge is -2.11. The second-order valence-electron chi connectivity index (χ2n) is 2.83. The average Bonchev–Trinajstić information content (AvgIpc) is 2.08. The minimum atomic E-state index is -0.0860. The minimum Gasteiger partial charge on any atom is -0.508 e. The molecule has 3 heteroatoms. The Bertz CT molecular complexity index is 273. The Morgan fingerprint density at radius 2 is 2.17 bits per heavy atom. The number of nitrogen functional groups attached to an aromatic ring is 1. The van der Waals surface area contributed by atoms with Crippen molar-refractivity contribution in [2.75, 3.05) is 5.73 Å². The molecule has 0 radical (unpaired) electrons. The van der Waals surface area contributed by atoms with Gasteiger partial charge >= 0.3 is 0 Å². The lowest BCUT2D eigenvalue weighted by atomic mass is 10.0. The highest BCUT2D eigenvalue weighted by molar-refractivity contribution is 5.51. The van der Waals surface area contributed by atoms with Crippen LogP contribution in [0.4, 0.5) is 5.69 Å². The molecule has 0 aliphatic heterocycles. The Morgan fingerprint density at radius 1 is 1.50 bits per heavy atom. The number of nitrogens with two attached hydrogens (primary N) is 2. The van der Waals surface area contributed by atoms with Crippen LogP contribution in [-0.4, -0.2) is 5.11 Å². The zero-order chi connectivity index (χ0) is 9.14. The first-order valence-electron chi connectivity index (χ1n) is 3.99. The fraction of sp³-hybridized carbons (Fsp3) is 0.333. The highest BCUT2D eigenvalue weighted by Crippen LogP contribution is 2.24. The molecule has 0 bridgehead atoms. The van der Waals surface area contributed by atoms with Crippen molar-refractivity contribution in [3.8, 4) is 5.75 Å². The number of hydrogen-bond donors (Lipinski definition) is 3. The number of benzene rings is 1. The van der Waals surface area contributed by atoms with E-state index in [1.807, 2.05) is 6.92 Å². The molecule has 66 valence electrons. The van der Waals surface area contributed by atoms with Gasteiger partial charge in [0.15, 0.2) is 0 Å². The largest absolute Gasteiger partial charge is 0.508 e. The summed E-state index contributed by atoms with van der Waals surface area (Å²) in [6.45, 7) is 1.98. The third-order valence-corrected chi connectivity index (χ3v) is 1.91. The Balaban J connectivity index is 3.04. The van der Waals surface area contributed by atoms with Crippen LogP contribution in [0.25, 0.3) is 0 Å². The second-order valence-corrected chi connectivity index (χ2v) is 2.83. The van der Waals surface area contributed by atoms with Gasteiger partial charge in [-0.2, -0.15) is 0 Å². The van der Waals surface area contributed by atoms with Gasteiger partial charge in [-0.3, -0.25) is 0 Å². The Morgan fingerprint density at radius 3 is 2.75 bits per heavy atom. The van der Waals surface area contributed by atoms with Gasteiger partial charge in [0.05, 0.1) is 0 Å². The molecule has 1 aromatic carbocycles. The molecule has 0 heterocycles. The van der Waals surface area contributed by atoms with E-state index < -0.39 is 0 Å². The number of phenols is 1. The first-order chi connectivity index (χ1) is 5.65. The highest BCUT2D eigenvalue weighted by atomic mass is 16.3. The maximum absolute atomic E-state index is 9.17. The molecule has 0 aliphatic carbocycles. The van der Waals surface area contributed by atoms with Crippen LogP contribution in [0.3, 0.4) is 0 Å². The van der Waals surface area contributed by atoms with E-state index in [1.165, 1.54) is 0 Å². The molecule has 0 spiro atoms. The Hall–Kier alpha value is -1.22. The van der Waals surface area contributed by atoms with Crippen LogP contribution in [0.1, 0.15) is 24.9 Å². The lowest BCUT2D eigenvalue weighted by molar-refractivity contribution is 0.473. The summed E-state index contributed by atoms with van der Waals surface area (Å²) < 4.78 is 0. The van der Waals surface area contributed by atoms with Crippen LogP contribution < -0.4 is 11.5 Å². The predicted molar refractivity (Wildman–Crippen MR) is 49.7 cm³/mol. The molecule has 0 saturated carbocycles. The molecule has 0 saturated heterocycles. The van der Waals surface area contributed by atoms with Crippen molar-refractivity contribution in [3.05, 3.63) is 23.8 Å². The smallest absolute Gasteiger partial charge is 0.116 e. The molecular formula is C9H14N2O. The summed E-state index contributed by atoms with van der Waals surface area (Å²) in [6.07, 6.45) is 0.813. The molecule has 1 rings (SSSR count). The maximum atomic E-state index is 9.17. The van der Waals surface area contributed by atoms with Crippen molar-refractivity contribution in [2.24, 2.45) is 5.73 Å². The second kappa shape index (κ2) is 3.45. The normalized spacial score (nSPS) is 12.8. The van der Waals surface area contributed by atoms with E-state index in [9.17, 15) is 5.11 Å². The van der Waals surface area contributed by atoms with Crippen LogP contribution >= 0.6 is 0 Å². The molecule has 0 aliphatic rings. The van der Waals surface area contributed by atoms with Crippen molar-refractivity contribution in [3.63, 3.8) is 0 Å². The number of aromatic hydroxyl groups is 1. The molecule has 1 atom stereocenters. The van der Waals surface area contributed by atoms with Crippen LogP contribution in [0.15, 0.2) is 18.2 Å². The van der Waals surface area contributed by atoms with Crippen LogP contribution in [0.2, 0.25) is 0 Å². The quantitative estimate of drug-likeness (QED) is 0.459. The first-order valence-corrected chi connectivity index (χ1v) is 3.99. The number of rotatable bonds is 2. The zero-order valence-corrected chi connectivity index (χ0v) is 7.12. The highest BCUT2D eigenvalue weighted by Gasteiger charge is 2.07. The number of phenolic OH excluding ortho intramolecular Hbond substituents is 1. The minimum absolute atomic E-state index is 0.0860. The molecule has 0 aromatic heterocycles. The standard InChI is InChI=1S/C9H14N2O/c1-2-8(10)7-5-6(12)3-4-9(7)11/h3-5,8,12H,2,10-11H2,1H3/t8-/m0/s1. The summed E-state index contributed by atoms with van der Waals surface area (Å²) in [7, 11) is 0. The summed E-state index contributed by atoms with van der Waals surface area (Å²) in [6, 6.07) is 4.75. The van der Waals surface area contributed by atoms with E-state index in [1.54, 1.807) is 18.2 Å². The SMILES string of the molecule is CC[C@H](N)c1cc(O)ccc1N. The van der Waals surface area contributed by atoms with Gasteiger partial charge < -0.3 is 16.6 Å². The van der Waals surface area contributed by atoms with E-state index in [0.29, 0.717) is 5.69 Å².